The molecular weight excluding hydrogens is 248 g/mol. The van der Waals surface area contributed by atoms with E-state index in [0.29, 0.717) is 12.4 Å². The summed E-state index contributed by atoms with van der Waals surface area (Å²) in [5, 5.41) is 0. The van der Waals surface area contributed by atoms with Crippen molar-refractivity contribution < 1.29 is 4.74 Å². The molecule has 1 aromatic heterocycles. The van der Waals surface area contributed by atoms with Crippen LogP contribution in [0.1, 0.15) is 31.9 Å². The fraction of sp³-hybridized carbons (Fsp3) is 0.353. The zero-order valence-corrected chi connectivity index (χ0v) is 12.4. The van der Waals surface area contributed by atoms with Gasteiger partial charge in [0.2, 0.25) is 5.88 Å². The van der Waals surface area contributed by atoms with Gasteiger partial charge in [0.15, 0.2) is 0 Å². The lowest BCUT2D eigenvalue weighted by Gasteiger charge is -2.22. The summed E-state index contributed by atoms with van der Waals surface area (Å²) in [4.78, 5) is 4.34. The first kappa shape index (κ1) is 14.5. The highest BCUT2D eigenvalue weighted by molar-refractivity contribution is 5.40. The molecule has 2 aromatic rings. The molecule has 0 bridgehead atoms. The van der Waals surface area contributed by atoms with Gasteiger partial charge in [-0.05, 0) is 30.0 Å². The van der Waals surface area contributed by atoms with E-state index in [0.717, 1.165) is 17.7 Å². The summed E-state index contributed by atoms with van der Waals surface area (Å²) in [6, 6.07) is 12.0. The Hall–Kier alpha value is -1.87. The third-order valence-corrected chi connectivity index (χ3v) is 3.14. The van der Waals surface area contributed by atoms with Crippen LogP contribution in [0.5, 0.6) is 11.6 Å². The number of aromatic nitrogens is 1. The van der Waals surface area contributed by atoms with Gasteiger partial charge in [-0.1, -0.05) is 45.0 Å². The summed E-state index contributed by atoms with van der Waals surface area (Å²) in [5.41, 5.74) is 7.87. The molecule has 2 N–H and O–H groups in total. The lowest BCUT2D eigenvalue weighted by Crippen LogP contribution is -2.12. The lowest BCUT2D eigenvalue weighted by molar-refractivity contribution is 0.439. The molecule has 1 heterocycles. The Labute approximate surface area is 120 Å². The van der Waals surface area contributed by atoms with Crippen molar-refractivity contribution in [2.24, 2.45) is 5.73 Å². The SMILES string of the molecule is CC(C)(C)c1ccccc1Oc1ccc(CCN)cn1. The third kappa shape index (κ3) is 3.58. The van der Waals surface area contributed by atoms with Crippen molar-refractivity contribution >= 4 is 0 Å². The highest BCUT2D eigenvalue weighted by atomic mass is 16.5. The predicted molar refractivity (Wildman–Crippen MR) is 82.2 cm³/mol. The van der Waals surface area contributed by atoms with Crippen LogP contribution in [-0.2, 0) is 11.8 Å². The molecule has 20 heavy (non-hydrogen) atoms. The first-order valence-corrected chi connectivity index (χ1v) is 6.93. The van der Waals surface area contributed by atoms with Gasteiger partial charge in [0.05, 0.1) is 0 Å². The maximum Gasteiger partial charge on any atom is 0.219 e. The second-order valence-electron chi connectivity index (χ2n) is 5.89. The van der Waals surface area contributed by atoms with E-state index in [2.05, 4.69) is 31.8 Å². The Balaban J connectivity index is 2.22. The highest BCUT2D eigenvalue weighted by Crippen LogP contribution is 2.33. The number of pyridine rings is 1. The summed E-state index contributed by atoms with van der Waals surface area (Å²) in [5.74, 6) is 1.47. The van der Waals surface area contributed by atoms with E-state index in [1.54, 1.807) is 0 Å². The van der Waals surface area contributed by atoms with Gasteiger partial charge in [0, 0.05) is 17.8 Å². The van der Waals surface area contributed by atoms with Crippen LogP contribution in [0.4, 0.5) is 0 Å². The van der Waals surface area contributed by atoms with E-state index in [1.165, 1.54) is 5.56 Å². The van der Waals surface area contributed by atoms with E-state index in [4.69, 9.17) is 10.5 Å². The minimum Gasteiger partial charge on any atom is -0.439 e. The molecule has 106 valence electrons. The fourth-order valence-corrected chi connectivity index (χ4v) is 2.07. The molecule has 0 spiro atoms. The predicted octanol–water partition coefficient (Wildman–Crippen LogP) is 3.67. The van der Waals surface area contributed by atoms with E-state index in [9.17, 15) is 0 Å². The topological polar surface area (TPSA) is 48.1 Å². The normalized spacial score (nSPS) is 11.4. The van der Waals surface area contributed by atoms with Crippen LogP contribution in [0, 0.1) is 0 Å². The van der Waals surface area contributed by atoms with Crippen LogP contribution in [0.2, 0.25) is 0 Å². The molecule has 0 aliphatic carbocycles. The van der Waals surface area contributed by atoms with Crippen molar-refractivity contribution in [2.45, 2.75) is 32.6 Å². The van der Waals surface area contributed by atoms with Crippen LogP contribution in [-0.4, -0.2) is 11.5 Å². The molecule has 2 rings (SSSR count). The van der Waals surface area contributed by atoms with Crippen LogP contribution in [0.15, 0.2) is 42.6 Å². The maximum atomic E-state index is 5.93. The van der Waals surface area contributed by atoms with Crippen molar-refractivity contribution in [2.75, 3.05) is 6.54 Å². The quantitative estimate of drug-likeness (QED) is 0.922. The number of hydrogen-bond acceptors (Lipinski definition) is 3. The van der Waals surface area contributed by atoms with E-state index in [1.807, 2.05) is 36.5 Å². The Bertz CT molecular complexity index is 556. The summed E-state index contributed by atoms with van der Waals surface area (Å²) >= 11 is 0. The molecule has 0 aliphatic heterocycles. The summed E-state index contributed by atoms with van der Waals surface area (Å²) in [6.07, 6.45) is 2.66. The maximum absolute atomic E-state index is 5.93. The first-order chi connectivity index (χ1) is 9.50. The van der Waals surface area contributed by atoms with Crippen molar-refractivity contribution in [3.63, 3.8) is 0 Å². The molecule has 0 saturated heterocycles. The average molecular weight is 270 g/mol. The van der Waals surface area contributed by atoms with Crippen LogP contribution in [0.3, 0.4) is 0 Å². The number of rotatable bonds is 4. The third-order valence-electron chi connectivity index (χ3n) is 3.14. The molecule has 0 radical (unpaired) electrons. The standard InChI is InChI=1S/C17H22N2O/c1-17(2,3)14-6-4-5-7-15(14)20-16-9-8-13(10-11-18)12-19-16/h4-9,12H,10-11,18H2,1-3H3. The van der Waals surface area contributed by atoms with Gasteiger partial charge in [0.25, 0.3) is 0 Å². The summed E-state index contributed by atoms with van der Waals surface area (Å²) in [6.45, 7) is 7.15. The molecule has 0 unspecified atom stereocenters. The Morgan fingerprint density at radius 2 is 1.85 bits per heavy atom. The molecule has 0 saturated carbocycles. The molecular formula is C17H22N2O. The monoisotopic (exact) mass is 270 g/mol. The van der Waals surface area contributed by atoms with Crippen molar-refractivity contribution in [1.29, 1.82) is 0 Å². The van der Waals surface area contributed by atoms with Gasteiger partial charge in [-0.3, -0.25) is 0 Å². The summed E-state index contributed by atoms with van der Waals surface area (Å²) < 4.78 is 5.93. The summed E-state index contributed by atoms with van der Waals surface area (Å²) in [7, 11) is 0. The fourth-order valence-electron chi connectivity index (χ4n) is 2.07. The number of ether oxygens (including phenoxy) is 1. The van der Waals surface area contributed by atoms with Crippen molar-refractivity contribution in [3.8, 4) is 11.6 Å². The lowest BCUT2D eigenvalue weighted by atomic mass is 9.86. The minimum absolute atomic E-state index is 0.0378. The van der Waals surface area contributed by atoms with Crippen molar-refractivity contribution in [3.05, 3.63) is 53.7 Å². The van der Waals surface area contributed by atoms with Gasteiger partial charge >= 0.3 is 0 Å². The Kier molecular flexibility index (Phi) is 4.40. The average Bonchev–Trinajstić information content (AvgIpc) is 2.41. The van der Waals surface area contributed by atoms with E-state index >= 15 is 0 Å². The number of para-hydroxylation sites is 1. The molecule has 3 heteroatoms. The second-order valence-corrected chi connectivity index (χ2v) is 5.89. The van der Waals surface area contributed by atoms with E-state index < -0.39 is 0 Å². The van der Waals surface area contributed by atoms with E-state index in [-0.39, 0.29) is 5.41 Å². The second kappa shape index (κ2) is 6.06. The zero-order chi connectivity index (χ0) is 14.6. The number of nitrogens with two attached hydrogens (primary N) is 1. The smallest absolute Gasteiger partial charge is 0.219 e. The van der Waals surface area contributed by atoms with Gasteiger partial charge in [-0.15, -0.1) is 0 Å². The van der Waals surface area contributed by atoms with Gasteiger partial charge < -0.3 is 10.5 Å². The van der Waals surface area contributed by atoms with Crippen LogP contribution >= 0.6 is 0 Å². The van der Waals surface area contributed by atoms with Gasteiger partial charge in [-0.25, -0.2) is 4.98 Å². The zero-order valence-electron chi connectivity index (χ0n) is 12.4. The molecule has 0 aliphatic rings. The number of benzene rings is 1. The Morgan fingerprint density at radius 3 is 2.45 bits per heavy atom. The van der Waals surface area contributed by atoms with Crippen LogP contribution in [0.25, 0.3) is 0 Å². The molecule has 0 fully saturated rings. The largest absolute Gasteiger partial charge is 0.439 e. The number of nitrogens with zero attached hydrogens (tertiary/aromatic N) is 1. The highest BCUT2D eigenvalue weighted by Gasteiger charge is 2.18. The minimum atomic E-state index is 0.0378. The van der Waals surface area contributed by atoms with Gasteiger partial charge in [0.1, 0.15) is 5.75 Å². The van der Waals surface area contributed by atoms with Crippen molar-refractivity contribution in [1.82, 2.24) is 4.98 Å². The van der Waals surface area contributed by atoms with Crippen LogP contribution < -0.4 is 10.5 Å². The first-order valence-electron chi connectivity index (χ1n) is 6.93. The molecule has 0 amide bonds. The molecule has 0 atom stereocenters. The van der Waals surface area contributed by atoms with Gasteiger partial charge in [-0.2, -0.15) is 0 Å². The number of hydrogen-bond donors (Lipinski definition) is 1. The molecule has 3 nitrogen and oxygen atoms in total. The Morgan fingerprint density at radius 1 is 1.10 bits per heavy atom. The molecule has 1 aromatic carbocycles.